The van der Waals surface area contributed by atoms with Crippen molar-refractivity contribution in [3.05, 3.63) is 46.7 Å². The van der Waals surface area contributed by atoms with Crippen molar-refractivity contribution >= 4 is 18.4 Å². The fraction of sp³-hybridized carbons (Fsp3) is 0. The van der Waals surface area contributed by atoms with Crippen LogP contribution in [-0.4, -0.2) is 21.1 Å². The number of hydrogen-bond acceptors (Lipinski definition) is 3. The molecule has 4 nitrogen and oxygen atoms in total. The molecule has 0 amide bonds. The van der Waals surface area contributed by atoms with Crippen LogP contribution < -0.4 is 0 Å². The van der Waals surface area contributed by atoms with Gasteiger partial charge in [0.05, 0.1) is 6.21 Å². The van der Waals surface area contributed by atoms with Crippen LogP contribution in [0.1, 0.15) is 5.56 Å². The van der Waals surface area contributed by atoms with Crippen LogP contribution in [0.15, 0.2) is 35.7 Å². The van der Waals surface area contributed by atoms with Gasteiger partial charge in [0.1, 0.15) is 12.1 Å². The molecule has 0 aliphatic heterocycles. The quantitative estimate of drug-likeness (QED) is 0.623. The first kappa shape index (κ1) is 9.72. The van der Waals surface area contributed by atoms with Crippen molar-refractivity contribution in [2.45, 2.75) is 0 Å². The molecule has 1 N–H and O–H groups in total. The van der Waals surface area contributed by atoms with Crippen molar-refractivity contribution < 1.29 is 4.39 Å². The Morgan fingerprint density at radius 3 is 3.07 bits per heavy atom. The zero-order valence-corrected chi connectivity index (χ0v) is 8.41. The molecule has 0 atom stereocenters. The van der Waals surface area contributed by atoms with Gasteiger partial charge in [0.25, 0.3) is 0 Å². The molecule has 0 unspecified atom stereocenters. The lowest BCUT2D eigenvalue weighted by Crippen LogP contribution is -1.89. The number of aromatic amines is 1. The number of nitrogens with zero attached hydrogens (tertiary/aromatic N) is 3. The van der Waals surface area contributed by atoms with E-state index in [0.717, 1.165) is 0 Å². The molecular formula is C9H7FN4S. The Morgan fingerprint density at radius 1 is 1.53 bits per heavy atom. The van der Waals surface area contributed by atoms with E-state index in [4.69, 9.17) is 12.2 Å². The van der Waals surface area contributed by atoms with Crippen molar-refractivity contribution in [2.24, 2.45) is 5.10 Å². The van der Waals surface area contributed by atoms with Gasteiger partial charge in [-0.1, -0.05) is 12.1 Å². The first-order valence-electron chi connectivity index (χ1n) is 4.17. The van der Waals surface area contributed by atoms with E-state index in [-0.39, 0.29) is 5.82 Å². The number of H-pyrrole nitrogens is 1. The number of aromatic nitrogens is 3. The second-order valence-corrected chi connectivity index (χ2v) is 3.19. The van der Waals surface area contributed by atoms with E-state index in [0.29, 0.717) is 10.3 Å². The van der Waals surface area contributed by atoms with Gasteiger partial charge in [0, 0.05) is 0 Å². The van der Waals surface area contributed by atoms with Crippen molar-refractivity contribution in [1.29, 1.82) is 0 Å². The normalized spacial score (nSPS) is 11.0. The summed E-state index contributed by atoms with van der Waals surface area (Å²) in [5.41, 5.74) is 0.665. The molecule has 1 aromatic heterocycles. The maximum atomic E-state index is 12.8. The number of hydrogen-bond donors (Lipinski definition) is 1. The van der Waals surface area contributed by atoms with E-state index in [2.05, 4.69) is 15.3 Å². The van der Waals surface area contributed by atoms with Crippen LogP contribution in [-0.2, 0) is 0 Å². The van der Waals surface area contributed by atoms with Crippen molar-refractivity contribution in [3.63, 3.8) is 0 Å². The molecule has 0 saturated heterocycles. The van der Waals surface area contributed by atoms with Crippen LogP contribution in [0, 0.1) is 10.6 Å². The van der Waals surface area contributed by atoms with Crippen molar-refractivity contribution in [3.8, 4) is 0 Å². The summed E-state index contributed by atoms with van der Waals surface area (Å²) in [7, 11) is 0. The van der Waals surface area contributed by atoms with E-state index >= 15 is 0 Å². The molecule has 0 spiro atoms. The standard InChI is InChI=1S/C9H7FN4S/c10-8-3-1-2-7(4-8)5-12-14-6-11-13-9(14)15/h1-6H,(H,13,15)/b12-5+. The van der Waals surface area contributed by atoms with Gasteiger partial charge in [-0.2, -0.15) is 14.9 Å². The predicted molar refractivity (Wildman–Crippen MR) is 56.8 cm³/mol. The Kier molecular flexibility index (Phi) is 2.68. The van der Waals surface area contributed by atoms with E-state index < -0.39 is 0 Å². The number of halogens is 1. The molecule has 76 valence electrons. The zero-order chi connectivity index (χ0) is 10.7. The van der Waals surface area contributed by atoms with Crippen molar-refractivity contribution in [2.75, 3.05) is 0 Å². The SMILES string of the molecule is Fc1cccc(/C=N/n2cn[nH]c2=S)c1. The molecule has 0 aliphatic carbocycles. The van der Waals surface area contributed by atoms with Gasteiger partial charge in [0.2, 0.25) is 4.77 Å². The minimum Gasteiger partial charge on any atom is -0.250 e. The summed E-state index contributed by atoms with van der Waals surface area (Å²) < 4.78 is 14.6. The summed E-state index contributed by atoms with van der Waals surface area (Å²) in [6, 6.07) is 6.12. The van der Waals surface area contributed by atoms with Crippen LogP contribution >= 0.6 is 12.2 Å². The highest BCUT2D eigenvalue weighted by Gasteiger charge is 1.92. The number of benzene rings is 1. The highest BCUT2D eigenvalue weighted by Crippen LogP contribution is 2.00. The average molecular weight is 222 g/mol. The van der Waals surface area contributed by atoms with Crippen LogP contribution in [0.2, 0.25) is 0 Å². The minimum atomic E-state index is -0.297. The predicted octanol–water partition coefficient (Wildman–Crippen LogP) is 1.96. The second kappa shape index (κ2) is 4.14. The van der Waals surface area contributed by atoms with E-state index in [9.17, 15) is 4.39 Å². The van der Waals surface area contributed by atoms with Crippen LogP contribution in [0.4, 0.5) is 4.39 Å². The summed E-state index contributed by atoms with van der Waals surface area (Å²) in [5, 5.41) is 10.3. The van der Waals surface area contributed by atoms with Crippen LogP contribution in [0.25, 0.3) is 0 Å². The molecule has 1 aromatic carbocycles. The fourth-order valence-corrected chi connectivity index (χ4v) is 1.19. The summed E-state index contributed by atoms with van der Waals surface area (Å²) in [5.74, 6) is -0.297. The molecule has 0 fully saturated rings. The molecule has 2 aromatic rings. The Bertz CT molecular complexity index is 543. The molecule has 0 aliphatic rings. The maximum Gasteiger partial charge on any atom is 0.216 e. The molecule has 0 saturated carbocycles. The molecule has 1 heterocycles. The third-order valence-electron chi connectivity index (χ3n) is 1.72. The van der Waals surface area contributed by atoms with Crippen molar-refractivity contribution in [1.82, 2.24) is 14.9 Å². The smallest absolute Gasteiger partial charge is 0.216 e. The lowest BCUT2D eigenvalue weighted by atomic mass is 10.2. The van der Waals surface area contributed by atoms with E-state index in [1.807, 2.05) is 0 Å². The maximum absolute atomic E-state index is 12.8. The highest BCUT2D eigenvalue weighted by molar-refractivity contribution is 7.71. The molecule has 6 heteroatoms. The number of nitrogens with one attached hydrogen (secondary N) is 1. The van der Waals surface area contributed by atoms with Gasteiger partial charge in [-0.3, -0.25) is 5.10 Å². The summed E-state index contributed by atoms with van der Waals surface area (Å²) in [6.45, 7) is 0. The summed E-state index contributed by atoms with van der Waals surface area (Å²) in [6.07, 6.45) is 2.95. The van der Waals surface area contributed by atoms with Gasteiger partial charge in [-0.25, -0.2) is 4.39 Å². The zero-order valence-electron chi connectivity index (χ0n) is 7.59. The van der Waals surface area contributed by atoms with E-state index in [1.54, 1.807) is 12.1 Å². The molecule has 0 bridgehead atoms. The minimum absolute atomic E-state index is 0.297. The Hall–Kier alpha value is -1.82. The Morgan fingerprint density at radius 2 is 2.40 bits per heavy atom. The fourth-order valence-electron chi connectivity index (χ4n) is 1.04. The summed E-state index contributed by atoms with van der Waals surface area (Å²) in [4.78, 5) is 0. The highest BCUT2D eigenvalue weighted by atomic mass is 32.1. The topological polar surface area (TPSA) is 46.0 Å². The third kappa shape index (κ3) is 2.35. The Balaban J connectivity index is 2.26. The van der Waals surface area contributed by atoms with Gasteiger partial charge >= 0.3 is 0 Å². The van der Waals surface area contributed by atoms with Gasteiger partial charge in [0.15, 0.2) is 0 Å². The molecule has 2 rings (SSSR count). The van der Waals surface area contributed by atoms with Gasteiger partial charge in [-0.15, -0.1) is 0 Å². The van der Waals surface area contributed by atoms with Gasteiger partial charge < -0.3 is 0 Å². The lowest BCUT2D eigenvalue weighted by Gasteiger charge is -1.92. The largest absolute Gasteiger partial charge is 0.250 e. The average Bonchev–Trinajstić information content (AvgIpc) is 2.61. The van der Waals surface area contributed by atoms with Gasteiger partial charge in [-0.05, 0) is 29.9 Å². The monoisotopic (exact) mass is 222 g/mol. The van der Waals surface area contributed by atoms with E-state index in [1.165, 1.54) is 29.4 Å². The molecule has 0 radical (unpaired) electrons. The molecule has 15 heavy (non-hydrogen) atoms. The number of rotatable bonds is 2. The first-order chi connectivity index (χ1) is 7.25. The van der Waals surface area contributed by atoms with Crippen LogP contribution in [0.3, 0.4) is 0 Å². The first-order valence-corrected chi connectivity index (χ1v) is 4.58. The Labute approximate surface area is 90.1 Å². The summed E-state index contributed by atoms with van der Waals surface area (Å²) >= 11 is 4.88. The van der Waals surface area contributed by atoms with Crippen LogP contribution in [0.5, 0.6) is 0 Å². The third-order valence-corrected chi connectivity index (χ3v) is 1.99. The lowest BCUT2D eigenvalue weighted by molar-refractivity contribution is 0.627. The second-order valence-electron chi connectivity index (χ2n) is 2.81. The molecular weight excluding hydrogens is 215 g/mol.